The first-order chi connectivity index (χ1) is 19.6. The van der Waals surface area contributed by atoms with Crippen molar-refractivity contribution >= 4 is 0 Å². The molecule has 0 saturated heterocycles. The summed E-state index contributed by atoms with van der Waals surface area (Å²) in [5.74, 6) is 4.39. The van der Waals surface area contributed by atoms with Crippen LogP contribution in [0.1, 0.15) is 121 Å². The lowest BCUT2D eigenvalue weighted by molar-refractivity contribution is 0.00711. The maximum absolute atomic E-state index is 10.2. The minimum atomic E-state index is -0.141. The monoisotopic (exact) mass is 581 g/mol. The van der Waals surface area contributed by atoms with Gasteiger partial charge < -0.3 is 10.2 Å². The molecule has 2 aliphatic carbocycles. The summed E-state index contributed by atoms with van der Waals surface area (Å²) < 4.78 is 0. The van der Waals surface area contributed by atoms with E-state index in [0.717, 1.165) is 51.4 Å². The summed E-state index contributed by atoms with van der Waals surface area (Å²) in [6.07, 6.45) is 31.7. The fraction of sp³-hybridized carbons (Fsp3) is 0.750. The molecule has 2 rings (SSSR count). The molecule has 240 valence electrons. The van der Waals surface area contributed by atoms with Crippen molar-refractivity contribution in [3.8, 4) is 0 Å². The number of allylic oxidation sites excluding steroid dienone is 10. The Morgan fingerprint density at radius 3 is 1.19 bits per heavy atom. The van der Waals surface area contributed by atoms with Crippen molar-refractivity contribution in [2.24, 2.45) is 58.2 Å². The molecule has 2 saturated carbocycles. The van der Waals surface area contributed by atoms with E-state index in [1.807, 2.05) is 0 Å². The summed E-state index contributed by atoms with van der Waals surface area (Å²) in [5.41, 5.74) is 0.342. The second kappa shape index (κ2) is 17.2. The lowest BCUT2D eigenvalue weighted by Crippen LogP contribution is -2.38. The van der Waals surface area contributed by atoms with Crippen molar-refractivity contribution in [2.45, 2.75) is 133 Å². The zero-order valence-electron chi connectivity index (χ0n) is 29.1. The van der Waals surface area contributed by atoms with Crippen LogP contribution in [-0.4, -0.2) is 22.4 Å². The molecule has 2 heteroatoms. The first-order valence-electron chi connectivity index (χ1n) is 17.3. The molecule has 0 aromatic heterocycles. The van der Waals surface area contributed by atoms with Gasteiger partial charge in [0.25, 0.3) is 0 Å². The third kappa shape index (κ3) is 12.7. The lowest BCUT2D eigenvalue weighted by atomic mass is 9.63. The van der Waals surface area contributed by atoms with Crippen LogP contribution in [0.5, 0.6) is 0 Å². The molecule has 42 heavy (non-hydrogen) atoms. The van der Waals surface area contributed by atoms with Gasteiger partial charge in [0.05, 0.1) is 12.2 Å². The molecule has 2 N–H and O–H groups in total. The Morgan fingerprint density at radius 1 is 0.548 bits per heavy atom. The molecule has 0 aromatic carbocycles. The molecule has 2 fully saturated rings. The highest BCUT2D eigenvalue weighted by molar-refractivity contribution is 5.06. The minimum Gasteiger partial charge on any atom is -0.393 e. The molecule has 0 bridgehead atoms. The van der Waals surface area contributed by atoms with Crippen LogP contribution < -0.4 is 0 Å². The van der Waals surface area contributed by atoms with Crippen molar-refractivity contribution in [1.82, 2.24) is 0 Å². The number of hydrogen-bond donors (Lipinski definition) is 2. The van der Waals surface area contributed by atoms with Gasteiger partial charge in [-0.1, -0.05) is 130 Å². The molecule has 2 aliphatic rings. The fourth-order valence-electron chi connectivity index (χ4n) is 7.85. The zero-order chi connectivity index (χ0) is 31.5. The summed E-state index contributed by atoms with van der Waals surface area (Å²) in [6.45, 7) is 23.1. The molecule has 0 aliphatic heterocycles. The van der Waals surface area contributed by atoms with Crippen LogP contribution in [-0.2, 0) is 0 Å². The van der Waals surface area contributed by atoms with Crippen LogP contribution in [0.3, 0.4) is 0 Å². The highest BCUT2D eigenvalue weighted by atomic mass is 16.3. The molecule has 10 atom stereocenters. The van der Waals surface area contributed by atoms with E-state index in [4.69, 9.17) is 0 Å². The van der Waals surface area contributed by atoms with Gasteiger partial charge in [-0.25, -0.2) is 0 Å². The Morgan fingerprint density at radius 2 is 0.857 bits per heavy atom. The summed E-state index contributed by atoms with van der Waals surface area (Å²) in [6, 6.07) is 0. The van der Waals surface area contributed by atoms with E-state index in [-0.39, 0.29) is 23.0 Å². The molecular weight excluding hydrogens is 512 g/mol. The summed E-state index contributed by atoms with van der Waals surface area (Å²) >= 11 is 0. The van der Waals surface area contributed by atoms with Crippen LogP contribution in [0.2, 0.25) is 0 Å². The Hall–Kier alpha value is -1.38. The van der Waals surface area contributed by atoms with Gasteiger partial charge in [0.2, 0.25) is 0 Å². The maximum atomic E-state index is 10.2. The first kappa shape index (κ1) is 36.8. The Balaban J connectivity index is 1.66. The number of hydrogen-bond acceptors (Lipinski definition) is 2. The van der Waals surface area contributed by atoms with Crippen molar-refractivity contribution in [1.29, 1.82) is 0 Å². The largest absolute Gasteiger partial charge is 0.393 e. The lowest BCUT2D eigenvalue weighted by Gasteiger charge is -2.43. The quantitative estimate of drug-likeness (QED) is 0.201. The summed E-state index contributed by atoms with van der Waals surface area (Å²) in [7, 11) is 0. The van der Waals surface area contributed by atoms with Gasteiger partial charge in [0.15, 0.2) is 0 Å². The van der Waals surface area contributed by atoms with Gasteiger partial charge in [-0.2, -0.15) is 0 Å². The average molecular weight is 581 g/mol. The van der Waals surface area contributed by atoms with Crippen LogP contribution >= 0.6 is 0 Å². The second-order valence-electron chi connectivity index (χ2n) is 16.1. The first-order valence-corrected chi connectivity index (χ1v) is 17.3. The van der Waals surface area contributed by atoms with E-state index < -0.39 is 0 Å². The topological polar surface area (TPSA) is 40.5 Å². The Kier molecular flexibility index (Phi) is 15.1. The summed E-state index contributed by atoms with van der Waals surface area (Å²) in [4.78, 5) is 0. The smallest absolute Gasteiger partial charge is 0.0548 e. The molecule has 0 heterocycles. The van der Waals surface area contributed by atoms with Gasteiger partial charge in [-0.05, 0) is 110 Å². The maximum Gasteiger partial charge on any atom is 0.0548 e. The van der Waals surface area contributed by atoms with E-state index >= 15 is 0 Å². The predicted octanol–water partition coefficient (Wildman–Crippen LogP) is 10.7. The SMILES string of the molecule is C[C@H](/C=C\C[C@@H](C)/C=C/[C@H]1[C@H](C)C[C@H](O)CC1(C)C)C/C=C\C[C@@H](C)/C=C/C[C@@H](C)/C=C/[C@H]1[C@@H](C)C[C@H](O)CC1(C)C. The zero-order valence-corrected chi connectivity index (χ0v) is 29.1. The van der Waals surface area contributed by atoms with Crippen molar-refractivity contribution in [3.05, 3.63) is 60.8 Å². The van der Waals surface area contributed by atoms with Gasteiger partial charge in [0, 0.05) is 0 Å². The van der Waals surface area contributed by atoms with E-state index in [1.54, 1.807) is 0 Å². The molecule has 0 aromatic rings. The van der Waals surface area contributed by atoms with Crippen molar-refractivity contribution in [3.63, 3.8) is 0 Å². The van der Waals surface area contributed by atoms with Crippen LogP contribution in [0.25, 0.3) is 0 Å². The Bertz CT molecular complexity index is 844. The number of aliphatic hydroxyl groups is 2. The van der Waals surface area contributed by atoms with E-state index in [9.17, 15) is 10.2 Å². The van der Waals surface area contributed by atoms with Gasteiger partial charge in [-0.3, -0.25) is 0 Å². The Labute approximate surface area is 261 Å². The summed E-state index contributed by atoms with van der Waals surface area (Å²) in [5, 5.41) is 20.3. The molecule has 2 nitrogen and oxygen atoms in total. The van der Waals surface area contributed by atoms with Gasteiger partial charge in [0.1, 0.15) is 0 Å². The normalized spacial score (nSPS) is 33.2. The minimum absolute atomic E-state index is 0.141. The number of aliphatic hydroxyl groups excluding tert-OH is 2. The predicted molar refractivity (Wildman–Crippen MR) is 184 cm³/mol. The van der Waals surface area contributed by atoms with Crippen LogP contribution in [0.4, 0.5) is 0 Å². The third-order valence-electron chi connectivity index (χ3n) is 10.3. The highest BCUT2D eigenvalue weighted by Gasteiger charge is 2.40. The van der Waals surface area contributed by atoms with E-state index in [2.05, 4.69) is 130 Å². The highest BCUT2D eigenvalue weighted by Crippen LogP contribution is 2.46. The van der Waals surface area contributed by atoms with E-state index in [1.165, 1.54) is 0 Å². The third-order valence-corrected chi connectivity index (χ3v) is 10.3. The fourth-order valence-corrected chi connectivity index (χ4v) is 7.85. The number of rotatable bonds is 14. The van der Waals surface area contributed by atoms with Crippen molar-refractivity contribution in [2.75, 3.05) is 0 Å². The van der Waals surface area contributed by atoms with Gasteiger partial charge in [-0.15, -0.1) is 0 Å². The average Bonchev–Trinajstić information content (AvgIpc) is 2.84. The van der Waals surface area contributed by atoms with Crippen LogP contribution in [0, 0.1) is 58.2 Å². The molecule has 0 amide bonds. The molecular formula is C40H68O2. The second-order valence-corrected chi connectivity index (χ2v) is 16.1. The molecule has 0 radical (unpaired) electrons. The van der Waals surface area contributed by atoms with Crippen LogP contribution in [0.15, 0.2) is 60.8 Å². The molecule has 0 spiro atoms. The van der Waals surface area contributed by atoms with Gasteiger partial charge >= 0.3 is 0 Å². The van der Waals surface area contributed by atoms with Crippen molar-refractivity contribution < 1.29 is 10.2 Å². The standard InChI is InChI=1S/C40H68O2/c1-29(17-13-19-31(3)21-23-37-33(5)25-35(41)27-39(37,7)8)15-11-12-16-30(2)18-14-20-32(4)22-24-38-34(6)26-36(42)28-40(38,9)10/h11-14,17-18,21-24,29-38,41-42H,15-16,19-20,25-28H2,1-10H3/b12-11-,17-13-,18-14+,23-21+,24-22+/t29-,30+,31+,32+,33+,34-,35-,36-,37-,38-/m0/s1. The molecule has 0 unspecified atom stereocenters. The van der Waals surface area contributed by atoms with E-state index in [0.29, 0.717) is 47.3 Å².